The maximum absolute atomic E-state index is 5.99. The van der Waals surface area contributed by atoms with Crippen LogP contribution in [-0.4, -0.2) is 74.3 Å². The first-order valence-corrected chi connectivity index (χ1v) is 8.59. The Balaban J connectivity index is 1.83. The van der Waals surface area contributed by atoms with Gasteiger partial charge in [0.05, 0.1) is 19.3 Å². The van der Waals surface area contributed by atoms with Crippen molar-refractivity contribution in [3.63, 3.8) is 0 Å². The topological polar surface area (TPSA) is 40.1 Å². The number of nitrogens with zero attached hydrogens (tertiary/aromatic N) is 3. The van der Waals surface area contributed by atoms with Crippen molar-refractivity contribution in [2.75, 3.05) is 46.4 Å². The second kappa shape index (κ2) is 8.59. The van der Waals surface area contributed by atoms with E-state index in [4.69, 9.17) is 9.73 Å². The molecule has 5 nitrogen and oxygen atoms in total. The van der Waals surface area contributed by atoms with Crippen LogP contribution in [0.3, 0.4) is 0 Å². The Morgan fingerprint density at radius 1 is 1.43 bits per heavy atom. The Labute approximate surface area is 129 Å². The van der Waals surface area contributed by atoms with Gasteiger partial charge in [0.25, 0.3) is 0 Å². The number of aliphatic imine (C=N–C) groups is 1. The molecule has 2 aliphatic heterocycles. The molecule has 0 aromatic carbocycles. The zero-order valence-corrected chi connectivity index (χ0v) is 14.0. The van der Waals surface area contributed by atoms with Gasteiger partial charge in [-0.3, -0.25) is 9.89 Å². The van der Waals surface area contributed by atoms with Crippen LogP contribution in [0.1, 0.15) is 39.5 Å². The SMILES string of the molecule is CCCCN(C)C(=NCC1CN2CCCC2CO1)NCC. The second-order valence-corrected chi connectivity index (χ2v) is 6.22. The van der Waals surface area contributed by atoms with Crippen LogP contribution >= 0.6 is 0 Å². The van der Waals surface area contributed by atoms with E-state index in [1.165, 1.54) is 32.2 Å². The van der Waals surface area contributed by atoms with Crippen LogP contribution in [0.5, 0.6) is 0 Å². The van der Waals surface area contributed by atoms with Crippen LogP contribution in [0.25, 0.3) is 0 Å². The van der Waals surface area contributed by atoms with Gasteiger partial charge >= 0.3 is 0 Å². The summed E-state index contributed by atoms with van der Waals surface area (Å²) >= 11 is 0. The summed E-state index contributed by atoms with van der Waals surface area (Å²) < 4.78 is 5.99. The summed E-state index contributed by atoms with van der Waals surface area (Å²) in [4.78, 5) is 9.60. The van der Waals surface area contributed by atoms with Crippen molar-refractivity contribution in [2.24, 2.45) is 4.99 Å². The minimum Gasteiger partial charge on any atom is -0.373 e. The molecule has 0 aromatic rings. The first-order valence-electron chi connectivity index (χ1n) is 8.59. The second-order valence-electron chi connectivity index (χ2n) is 6.22. The number of unbranched alkanes of at least 4 members (excludes halogenated alkanes) is 1. The van der Waals surface area contributed by atoms with Crippen molar-refractivity contribution in [1.29, 1.82) is 0 Å². The summed E-state index contributed by atoms with van der Waals surface area (Å²) in [5.74, 6) is 1.01. The number of nitrogens with one attached hydrogen (secondary N) is 1. The molecule has 2 unspecified atom stereocenters. The summed E-state index contributed by atoms with van der Waals surface area (Å²) in [6.45, 7) is 10.3. The van der Waals surface area contributed by atoms with Crippen molar-refractivity contribution in [3.05, 3.63) is 0 Å². The standard InChI is InChI=1S/C16H32N4O/c1-4-6-9-19(3)16(17-5-2)18-11-15-12-20-10-7-8-14(20)13-21-15/h14-15H,4-13H2,1-3H3,(H,17,18). The van der Waals surface area contributed by atoms with E-state index < -0.39 is 0 Å². The lowest BCUT2D eigenvalue weighted by Crippen LogP contribution is -2.47. The van der Waals surface area contributed by atoms with E-state index in [1.54, 1.807) is 0 Å². The van der Waals surface area contributed by atoms with E-state index in [2.05, 4.69) is 36.0 Å². The Kier molecular flexibility index (Phi) is 6.77. The number of ether oxygens (including phenoxy) is 1. The lowest BCUT2D eigenvalue weighted by atomic mass is 10.2. The van der Waals surface area contributed by atoms with Gasteiger partial charge in [0, 0.05) is 32.7 Å². The van der Waals surface area contributed by atoms with Gasteiger partial charge in [0.1, 0.15) is 0 Å². The molecule has 2 aliphatic rings. The number of fused-ring (bicyclic) bond motifs is 1. The first-order chi connectivity index (χ1) is 10.2. The van der Waals surface area contributed by atoms with E-state index in [-0.39, 0.29) is 6.10 Å². The van der Waals surface area contributed by atoms with Crippen LogP contribution in [0, 0.1) is 0 Å². The predicted octanol–water partition coefficient (Wildman–Crippen LogP) is 1.55. The molecule has 0 spiro atoms. The average Bonchev–Trinajstić information content (AvgIpc) is 2.96. The summed E-state index contributed by atoms with van der Waals surface area (Å²) in [5.41, 5.74) is 0. The molecule has 2 fully saturated rings. The lowest BCUT2D eigenvalue weighted by molar-refractivity contribution is -0.0432. The minimum atomic E-state index is 0.257. The van der Waals surface area contributed by atoms with Crippen LogP contribution < -0.4 is 5.32 Å². The molecule has 1 N–H and O–H groups in total. The van der Waals surface area contributed by atoms with Gasteiger partial charge in [0.15, 0.2) is 5.96 Å². The molecule has 0 aromatic heterocycles. The third-order valence-electron chi connectivity index (χ3n) is 4.45. The molecule has 21 heavy (non-hydrogen) atoms. The smallest absolute Gasteiger partial charge is 0.193 e. The van der Waals surface area contributed by atoms with Crippen molar-refractivity contribution in [3.8, 4) is 0 Å². The molecule has 2 atom stereocenters. The van der Waals surface area contributed by atoms with Gasteiger partial charge in [-0.05, 0) is 32.7 Å². The van der Waals surface area contributed by atoms with Gasteiger partial charge in [-0.2, -0.15) is 0 Å². The largest absolute Gasteiger partial charge is 0.373 e. The average molecular weight is 296 g/mol. The number of hydrogen-bond donors (Lipinski definition) is 1. The van der Waals surface area contributed by atoms with E-state index in [1.807, 2.05) is 0 Å². The molecule has 0 amide bonds. The summed E-state index contributed by atoms with van der Waals surface area (Å²) in [6, 6.07) is 0.672. The van der Waals surface area contributed by atoms with Crippen molar-refractivity contribution in [2.45, 2.75) is 51.7 Å². The number of guanidine groups is 1. The zero-order valence-electron chi connectivity index (χ0n) is 14.0. The first kappa shape index (κ1) is 16.6. The number of rotatable bonds is 6. The normalized spacial score (nSPS) is 26.7. The number of hydrogen-bond acceptors (Lipinski definition) is 3. The molecule has 5 heteroatoms. The molecule has 2 rings (SSSR count). The minimum absolute atomic E-state index is 0.257. The highest BCUT2D eigenvalue weighted by atomic mass is 16.5. The third kappa shape index (κ3) is 4.85. The van der Waals surface area contributed by atoms with Crippen LogP contribution in [0.4, 0.5) is 0 Å². The Bertz CT molecular complexity index is 334. The molecule has 0 saturated carbocycles. The fraction of sp³-hybridized carbons (Fsp3) is 0.938. The molecular weight excluding hydrogens is 264 g/mol. The van der Waals surface area contributed by atoms with Crippen molar-refractivity contribution in [1.82, 2.24) is 15.1 Å². The van der Waals surface area contributed by atoms with Crippen LogP contribution in [0.2, 0.25) is 0 Å². The van der Waals surface area contributed by atoms with Crippen molar-refractivity contribution < 1.29 is 4.74 Å². The van der Waals surface area contributed by atoms with Crippen LogP contribution in [-0.2, 0) is 4.74 Å². The highest BCUT2D eigenvalue weighted by molar-refractivity contribution is 5.79. The van der Waals surface area contributed by atoms with Gasteiger partial charge in [-0.15, -0.1) is 0 Å². The Hall–Kier alpha value is -0.810. The fourth-order valence-corrected chi connectivity index (χ4v) is 3.16. The summed E-state index contributed by atoms with van der Waals surface area (Å²) in [5, 5.41) is 3.38. The Morgan fingerprint density at radius 2 is 2.29 bits per heavy atom. The number of morpholine rings is 1. The molecule has 2 saturated heterocycles. The molecule has 2 heterocycles. The van der Waals surface area contributed by atoms with Gasteiger partial charge in [0.2, 0.25) is 0 Å². The molecular formula is C16H32N4O. The highest BCUT2D eigenvalue weighted by Gasteiger charge is 2.32. The van der Waals surface area contributed by atoms with Gasteiger partial charge in [-0.1, -0.05) is 13.3 Å². The van der Waals surface area contributed by atoms with Gasteiger partial charge < -0.3 is 15.0 Å². The maximum atomic E-state index is 5.99. The fourth-order valence-electron chi connectivity index (χ4n) is 3.16. The maximum Gasteiger partial charge on any atom is 0.193 e. The molecule has 0 aliphatic carbocycles. The molecule has 0 bridgehead atoms. The third-order valence-corrected chi connectivity index (χ3v) is 4.45. The van der Waals surface area contributed by atoms with E-state index in [0.29, 0.717) is 6.04 Å². The predicted molar refractivity (Wildman–Crippen MR) is 87.9 cm³/mol. The van der Waals surface area contributed by atoms with E-state index in [9.17, 15) is 0 Å². The highest BCUT2D eigenvalue weighted by Crippen LogP contribution is 2.22. The Morgan fingerprint density at radius 3 is 3.05 bits per heavy atom. The molecule has 0 radical (unpaired) electrons. The van der Waals surface area contributed by atoms with E-state index in [0.717, 1.165) is 38.7 Å². The van der Waals surface area contributed by atoms with Crippen molar-refractivity contribution >= 4 is 5.96 Å². The van der Waals surface area contributed by atoms with E-state index >= 15 is 0 Å². The van der Waals surface area contributed by atoms with Crippen LogP contribution in [0.15, 0.2) is 4.99 Å². The molecule has 122 valence electrons. The monoisotopic (exact) mass is 296 g/mol. The summed E-state index contributed by atoms with van der Waals surface area (Å²) in [6.07, 6.45) is 5.31. The zero-order chi connectivity index (χ0) is 15.1. The summed E-state index contributed by atoms with van der Waals surface area (Å²) in [7, 11) is 2.12. The quantitative estimate of drug-likeness (QED) is 0.596. The lowest BCUT2D eigenvalue weighted by Gasteiger charge is -2.34. The van der Waals surface area contributed by atoms with Gasteiger partial charge in [-0.25, -0.2) is 0 Å².